The van der Waals surface area contributed by atoms with E-state index in [1.54, 1.807) is 0 Å². The van der Waals surface area contributed by atoms with Crippen molar-refractivity contribution in [2.24, 2.45) is 0 Å². The number of terminal acetylenes is 1. The summed E-state index contributed by atoms with van der Waals surface area (Å²) >= 11 is 0. The number of para-hydroxylation sites is 1. The van der Waals surface area contributed by atoms with Crippen molar-refractivity contribution in [1.82, 2.24) is 0 Å². The summed E-state index contributed by atoms with van der Waals surface area (Å²) < 4.78 is 10.7. The number of anilines is 1. The number of hydrogen-bond donors (Lipinski definition) is 0. The fourth-order valence-electron chi connectivity index (χ4n) is 2.93. The molecule has 0 aliphatic carbocycles. The van der Waals surface area contributed by atoms with E-state index >= 15 is 0 Å². The van der Waals surface area contributed by atoms with Crippen molar-refractivity contribution in [2.75, 3.05) is 18.6 Å². The zero-order chi connectivity index (χ0) is 21.2. The molecule has 0 spiro atoms. The fraction of sp³-hybridized carbons (Fsp3) is 0.115. The Morgan fingerprint density at radius 3 is 2.37 bits per heavy atom. The molecule has 0 saturated carbocycles. The normalized spacial score (nSPS) is 10.4. The highest BCUT2D eigenvalue weighted by atomic mass is 16.5. The Hall–Kier alpha value is -3.97. The number of carbonyl (C=O) groups is 1. The molecule has 0 atom stereocenters. The minimum Gasteiger partial charge on any atom is -0.489 e. The maximum Gasteiger partial charge on any atom is 0.414 e. The molecule has 4 heteroatoms. The molecule has 0 fully saturated rings. The van der Waals surface area contributed by atoms with E-state index in [0.717, 1.165) is 22.4 Å². The lowest BCUT2D eigenvalue weighted by atomic mass is 10.1. The molecule has 0 saturated heterocycles. The molecule has 3 rings (SSSR count). The second-order valence-electron chi connectivity index (χ2n) is 6.50. The Bertz CT molecular complexity index is 1030. The largest absolute Gasteiger partial charge is 0.489 e. The highest BCUT2D eigenvalue weighted by molar-refractivity contribution is 5.92. The number of benzene rings is 3. The van der Waals surface area contributed by atoms with Crippen LogP contribution in [0.5, 0.6) is 5.75 Å². The standard InChI is InChI=1S/C26H23NO3/c1-3-19-27(26(28)29-2)25-12-8-7-11-23(25)16-13-21-14-17-24(18-15-21)30-20-22-9-5-4-6-10-22/h1,4-18H,19-20H2,2H3/b16-13+. The first-order valence-corrected chi connectivity index (χ1v) is 9.54. The molecular weight excluding hydrogens is 374 g/mol. The van der Waals surface area contributed by atoms with Crippen molar-refractivity contribution < 1.29 is 14.3 Å². The molecule has 0 unspecified atom stereocenters. The van der Waals surface area contributed by atoms with Gasteiger partial charge in [0.2, 0.25) is 0 Å². The van der Waals surface area contributed by atoms with Crippen molar-refractivity contribution in [3.8, 4) is 18.1 Å². The highest BCUT2D eigenvalue weighted by Crippen LogP contribution is 2.24. The molecule has 30 heavy (non-hydrogen) atoms. The number of rotatable bonds is 7. The van der Waals surface area contributed by atoms with E-state index in [2.05, 4.69) is 5.92 Å². The van der Waals surface area contributed by atoms with E-state index in [9.17, 15) is 4.79 Å². The van der Waals surface area contributed by atoms with Gasteiger partial charge in [0.1, 0.15) is 12.4 Å². The third-order valence-electron chi connectivity index (χ3n) is 4.46. The SMILES string of the molecule is C#CCN(C(=O)OC)c1ccccc1/C=C/c1ccc(OCc2ccccc2)cc1. The van der Waals surface area contributed by atoms with Gasteiger partial charge < -0.3 is 9.47 Å². The van der Waals surface area contributed by atoms with Gasteiger partial charge in [-0.15, -0.1) is 6.42 Å². The van der Waals surface area contributed by atoms with Crippen LogP contribution in [0.15, 0.2) is 78.9 Å². The van der Waals surface area contributed by atoms with Crippen LogP contribution < -0.4 is 9.64 Å². The van der Waals surface area contributed by atoms with E-state index in [0.29, 0.717) is 12.3 Å². The Balaban J connectivity index is 1.71. The van der Waals surface area contributed by atoms with Gasteiger partial charge in [0.05, 0.1) is 19.3 Å². The van der Waals surface area contributed by atoms with Crippen LogP contribution in [0.1, 0.15) is 16.7 Å². The Morgan fingerprint density at radius 2 is 1.67 bits per heavy atom. The summed E-state index contributed by atoms with van der Waals surface area (Å²) in [7, 11) is 1.34. The first-order chi connectivity index (χ1) is 14.7. The molecule has 0 heterocycles. The van der Waals surface area contributed by atoms with Crippen molar-refractivity contribution in [2.45, 2.75) is 6.61 Å². The summed E-state index contributed by atoms with van der Waals surface area (Å²) in [5, 5.41) is 0. The van der Waals surface area contributed by atoms with Gasteiger partial charge in [-0.25, -0.2) is 4.79 Å². The Kier molecular flexibility index (Phi) is 7.29. The third-order valence-corrected chi connectivity index (χ3v) is 4.46. The molecule has 0 bridgehead atoms. The average molecular weight is 397 g/mol. The van der Waals surface area contributed by atoms with Gasteiger partial charge in [0.25, 0.3) is 0 Å². The van der Waals surface area contributed by atoms with Crippen molar-refractivity contribution in [3.63, 3.8) is 0 Å². The number of amides is 1. The first kappa shape index (κ1) is 20.8. The second-order valence-corrected chi connectivity index (χ2v) is 6.50. The molecule has 150 valence electrons. The monoisotopic (exact) mass is 397 g/mol. The van der Waals surface area contributed by atoms with Gasteiger partial charge >= 0.3 is 6.09 Å². The molecule has 0 aliphatic heterocycles. The van der Waals surface area contributed by atoms with Crippen LogP contribution in [0.25, 0.3) is 12.2 Å². The van der Waals surface area contributed by atoms with E-state index in [4.69, 9.17) is 15.9 Å². The van der Waals surface area contributed by atoms with Crippen LogP contribution >= 0.6 is 0 Å². The lowest BCUT2D eigenvalue weighted by Gasteiger charge is -2.20. The van der Waals surface area contributed by atoms with Crippen LogP contribution in [-0.2, 0) is 11.3 Å². The molecule has 3 aromatic carbocycles. The molecule has 3 aromatic rings. The summed E-state index contributed by atoms with van der Waals surface area (Å²) in [6.45, 7) is 0.660. The highest BCUT2D eigenvalue weighted by Gasteiger charge is 2.17. The molecule has 4 nitrogen and oxygen atoms in total. The maximum atomic E-state index is 12.1. The van der Waals surface area contributed by atoms with E-state index < -0.39 is 6.09 Å². The molecule has 1 amide bonds. The molecule has 0 aromatic heterocycles. The number of nitrogens with zero attached hydrogens (tertiary/aromatic N) is 1. The summed E-state index contributed by atoms with van der Waals surface area (Å²) in [5.41, 5.74) is 3.70. The van der Waals surface area contributed by atoms with Crippen LogP contribution in [0, 0.1) is 12.3 Å². The lowest BCUT2D eigenvalue weighted by molar-refractivity contribution is 0.179. The van der Waals surface area contributed by atoms with Gasteiger partial charge in [-0.1, -0.05) is 78.7 Å². The third kappa shape index (κ3) is 5.52. The molecule has 0 aliphatic rings. The zero-order valence-corrected chi connectivity index (χ0v) is 16.8. The van der Waals surface area contributed by atoms with Crippen LogP contribution in [0.2, 0.25) is 0 Å². The average Bonchev–Trinajstić information content (AvgIpc) is 2.81. The van der Waals surface area contributed by atoms with Gasteiger partial charge in [-0.05, 0) is 34.9 Å². The summed E-state index contributed by atoms with van der Waals surface area (Å²) in [6.07, 6.45) is 8.85. The van der Waals surface area contributed by atoms with Crippen molar-refractivity contribution >= 4 is 23.9 Å². The first-order valence-electron chi connectivity index (χ1n) is 9.54. The predicted octanol–water partition coefficient (Wildman–Crippen LogP) is 5.64. The Morgan fingerprint density at radius 1 is 0.967 bits per heavy atom. The van der Waals surface area contributed by atoms with Gasteiger partial charge in [-0.3, -0.25) is 4.90 Å². The number of methoxy groups -OCH3 is 1. The molecule has 0 N–H and O–H groups in total. The predicted molar refractivity (Wildman–Crippen MR) is 121 cm³/mol. The van der Waals surface area contributed by atoms with E-state index in [1.165, 1.54) is 12.0 Å². The quantitative estimate of drug-likeness (QED) is 0.382. The van der Waals surface area contributed by atoms with E-state index in [-0.39, 0.29) is 6.54 Å². The maximum absolute atomic E-state index is 12.1. The molecule has 0 radical (unpaired) electrons. The van der Waals surface area contributed by atoms with Crippen molar-refractivity contribution in [1.29, 1.82) is 0 Å². The number of hydrogen-bond acceptors (Lipinski definition) is 3. The van der Waals surface area contributed by atoms with Crippen LogP contribution in [0.3, 0.4) is 0 Å². The topological polar surface area (TPSA) is 38.8 Å². The summed E-state index contributed by atoms with van der Waals surface area (Å²) in [4.78, 5) is 13.5. The van der Waals surface area contributed by atoms with Crippen LogP contribution in [0.4, 0.5) is 10.5 Å². The van der Waals surface area contributed by atoms with Crippen LogP contribution in [-0.4, -0.2) is 19.7 Å². The van der Waals surface area contributed by atoms with Gasteiger partial charge in [0.15, 0.2) is 0 Å². The second kappa shape index (κ2) is 10.5. The minimum absolute atomic E-state index is 0.130. The van der Waals surface area contributed by atoms with Crippen molar-refractivity contribution in [3.05, 3.63) is 95.6 Å². The smallest absolute Gasteiger partial charge is 0.414 e. The molecular formula is C26H23NO3. The Labute approximate surface area is 177 Å². The summed E-state index contributed by atoms with van der Waals surface area (Å²) in [6, 6.07) is 25.4. The van der Waals surface area contributed by atoms with E-state index in [1.807, 2.05) is 91.0 Å². The number of carbonyl (C=O) groups excluding carboxylic acids is 1. The van der Waals surface area contributed by atoms with Gasteiger partial charge in [-0.2, -0.15) is 0 Å². The lowest BCUT2D eigenvalue weighted by Crippen LogP contribution is -2.31. The summed E-state index contributed by atoms with van der Waals surface area (Å²) in [5.74, 6) is 3.31. The zero-order valence-electron chi connectivity index (χ0n) is 16.8. The fourth-order valence-corrected chi connectivity index (χ4v) is 2.93. The number of ether oxygens (including phenoxy) is 2. The minimum atomic E-state index is -0.492. The van der Waals surface area contributed by atoms with Gasteiger partial charge in [0, 0.05) is 0 Å².